The van der Waals surface area contributed by atoms with Crippen LogP contribution in [-0.2, 0) is 4.79 Å². The molecule has 2 aromatic rings. The van der Waals surface area contributed by atoms with Gasteiger partial charge in [-0.25, -0.2) is 0 Å². The van der Waals surface area contributed by atoms with Gasteiger partial charge in [0, 0.05) is 28.5 Å². The second kappa shape index (κ2) is 8.93. The van der Waals surface area contributed by atoms with Gasteiger partial charge in [0.05, 0.1) is 0 Å². The molecule has 3 rings (SSSR count). The molecule has 0 aliphatic carbocycles. The van der Waals surface area contributed by atoms with E-state index in [-0.39, 0.29) is 11.1 Å². The maximum absolute atomic E-state index is 12.6. The number of anilines is 2. The highest BCUT2D eigenvalue weighted by Gasteiger charge is 2.35. The van der Waals surface area contributed by atoms with Crippen LogP contribution in [0.15, 0.2) is 48.0 Å². The van der Waals surface area contributed by atoms with Gasteiger partial charge in [-0.1, -0.05) is 31.5 Å². The third-order valence-electron chi connectivity index (χ3n) is 5.64. The highest BCUT2D eigenvalue weighted by Crippen LogP contribution is 2.43. The summed E-state index contributed by atoms with van der Waals surface area (Å²) in [6.07, 6.45) is 3.81. The minimum Gasteiger partial charge on any atom is -0.366 e. The maximum Gasteiger partial charge on any atom is 0.266 e. The number of amides is 1. The van der Waals surface area contributed by atoms with Crippen molar-refractivity contribution in [2.75, 3.05) is 16.8 Å². The first-order valence-electron chi connectivity index (χ1n) is 10.4. The van der Waals surface area contributed by atoms with E-state index in [1.807, 2.05) is 12.1 Å². The fourth-order valence-corrected chi connectivity index (χ4v) is 4.42. The lowest BCUT2D eigenvalue weighted by Gasteiger charge is -2.47. The summed E-state index contributed by atoms with van der Waals surface area (Å²) in [6, 6.07) is 15.1. The van der Waals surface area contributed by atoms with Crippen molar-refractivity contribution < 1.29 is 4.79 Å². The van der Waals surface area contributed by atoms with E-state index >= 15 is 0 Å². The molecule has 0 aromatic heterocycles. The van der Waals surface area contributed by atoms with E-state index < -0.39 is 5.91 Å². The van der Waals surface area contributed by atoms with Crippen molar-refractivity contribution in [2.24, 2.45) is 0 Å². The fraction of sp³-hybridized carbons (Fsp3) is 0.360. The van der Waals surface area contributed by atoms with Gasteiger partial charge in [0.25, 0.3) is 5.91 Å². The number of hydrogen-bond acceptors (Lipinski definition) is 3. The van der Waals surface area contributed by atoms with Gasteiger partial charge in [0.15, 0.2) is 0 Å². The summed E-state index contributed by atoms with van der Waals surface area (Å²) in [5, 5.41) is 12.9. The lowest BCUT2D eigenvalue weighted by Crippen LogP contribution is -2.48. The summed E-state index contributed by atoms with van der Waals surface area (Å²) in [5.41, 5.74) is 4.16. The van der Waals surface area contributed by atoms with Crippen molar-refractivity contribution in [3.63, 3.8) is 0 Å². The average molecular weight is 422 g/mol. The summed E-state index contributed by atoms with van der Waals surface area (Å²) in [4.78, 5) is 15.0. The first kappa shape index (κ1) is 21.9. The predicted molar refractivity (Wildman–Crippen MR) is 125 cm³/mol. The van der Waals surface area contributed by atoms with Crippen LogP contribution >= 0.6 is 11.6 Å². The van der Waals surface area contributed by atoms with Gasteiger partial charge in [-0.3, -0.25) is 4.79 Å². The SMILES string of the molecule is CCCN1c2ccc(/C=C(\C#N)C(=O)Nc3ccc(Cl)cc3)cc2C(C)CC1(C)C. The van der Waals surface area contributed by atoms with Gasteiger partial charge >= 0.3 is 0 Å². The second-order valence-corrected chi connectivity index (χ2v) is 8.95. The third kappa shape index (κ3) is 4.68. The Kier molecular flexibility index (Phi) is 6.53. The molecule has 0 fully saturated rings. The first-order valence-corrected chi connectivity index (χ1v) is 10.7. The molecule has 1 heterocycles. The van der Waals surface area contributed by atoms with Crippen LogP contribution < -0.4 is 10.2 Å². The number of hydrogen-bond donors (Lipinski definition) is 1. The monoisotopic (exact) mass is 421 g/mol. The van der Waals surface area contributed by atoms with Crippen LogP contribution in [-0.4, -0.2) is 18.0 Å². The van der Waals surface area contributed by atoms with Crippen LogP contribution in [0.4, 0.5) is 11.4 Å². The van der Waals surface area contributed by atoms with Crippen molar-refractivity contribution in [1.29, 1.82) is 5.26 Å². The molecule has 156 valence electrons. The minimum absolute atomic E-state index is 0.0686. The van der Waals surface area contributed by atoms with Crippen molar-refractivity contribution in [2.45, 2.75) is 52.0 Å². The second-order valence-electron chi connectivity index (χ2n) is 8.52. The number of fused-ring (bicyclic) bond motifs is 1. The molecule has 5 heteroatoms. The van der Waals surface area contributed by atoms with Crippen molar-refractivity contribution in [3.8, 4) is 6.07 Å². The number of benzene rings is 2. The van der Waals surface area contributed by atoms with E-state index in [1.54, 1.807) is 30.3 Å². The Labute approximate surface area is 184 Å². The van der Waals surface area contributed by atoms with Gasteiger partial charge in [0.1, 0.15) is 11.6 Å². The number of nitriles is 1. The molecule has 4 nitrogen and oxygen atoms in total. The number of halogens is 1. The van der Waals surface area contributed by atoms with Crippen LogP contribution in [0.25, 0.3) is 6.08 Å². The molecular weight excluding hydrogens is 394 g/mol. The molecule has 0 saturated carbocycles. The van der Waals surface area contributed by atoms with Crippen LogP contribution in [0.2, 0.25) is 5.02 Å². The first-order chi connectivity index (χ1) is 14.2. The van der Waals surface area contributed by atoms with Gasteiger partial charge < -0.3 is 10.2 Å². The van der Waals surface area contributed by atoms with E-state index in [0.717, 1.165) is 24.9 Å². The van der Waals surface area contributed by atoms with Gasteiger partial charge in [0.2, 0.25) is 0 Å². The fourth-order valence-electron chi connectivity index (χ4n) is 4.29. The third-order valence-corrected chi connectivity index (χ3v) is 5.89. The minimum atomic E-state index is -0.431. The Morgan fingerprint density at radius 3 is 2.63 bits per heavy atom. The summed E-state index contributed by atoms with van der Waals surface area (Å²) >= 11 is 5.88. The highest BCUT2D eigenvalue weighted by molar-refractivity contribution is 6.30. The maximum atomic E-state index is 12.6. The van der Waals surface area contributed by atoms with E-state index in [0.29, 0.717) is 16.6 Å². The van der Waals surface area contributed by atoms with Gasteiger partial charge in [-0.15, -0.1) is 0 Å². The molecular formula is C25H28ClN3O. The molecule has 0 spiro atoms. The highest BCUT2D eigenvalue weighted by atomic mass is 35.5. The number of carbonyl (C=O) groups is 1. The molecule has 1 N–H and O–H groups in total. The summed E-state index contributed by atoms with van der Waals surface area (Å²) in [5.74, 6) is -0.0239. The van der Waals surface area contributed by atoms with Crippen molar-refractivity contribution in [3.05, 3.63) is 64.2 Å². The Hall–Kier alpha value is -2.77. The molecule has 0 radical (unpaired) electrons. The zero-order valence-electron chi connectivity index (χ0n) is 18.0. The van der Waals surface area contributed by atoms with Crippen LogP contribution in [0.3, 0.4) is 0 Å². The molecule has 0 bridgehead atoms. The van der Waals surface area contributed by atoms with E-state index in [2.05, 4.69) is 50.0 Å². The Balaban J connectivity index is 1.89. The normalized spacial score (nSPS) is 17.8. The largest absolute Gasteiger partial charge is 0.366 e. The van der Waals surface area contributed by atoms with Crippen LogP contribution in [0, 0.1) is 11.3 Å². The zero-order valence-corrected chi connectivity index (χ0v) is 18.8. The smallest absolute Gasteiger partial charge is 0.266 e. The Bertz CT molecular complexity index is 1000. The molecule has 1 unspecified atom stereocenters. The van der Waals surface area contributed by atoms with E-state index in [4.69, 9.17) is 11.6 Å². The van der Waals surface area contributed by atoms with Gasteiger partial charge in [-0.2, -0.15) is 5.26 Å². The number of nitrogens with zero attached hydrogens (tertiary/aromatic N) is 2. The van der Waals surface area contributed by atoms with E-state index in [9.17, 15) is 10.1 Å². The van der Waals surface area contributed by atoms with Crippen molar-refractivity contribution >= 4 is 35.0 Å². The number of rotatable bonds is 5. The molecule has 1 aliphatic heterocycles. The molecule has 2 aromatic carbocycles. The molecule has 1 atom stereocenters. The van der Waals surface area contributed by atoms with Crippen LogP contribution in [0.1, 0.15) is 57.6 Å². The lowest BCUT2D eigenvalue weighted by molar-refractivity contribution is -0.112. The van der Waals surface area contributed by atoms with Crippen molar-refractivity contribution in [1.82, 2.24) is 0 Å². The van der Waals surface area contributed by atoms with Crippen LogP contribution in [0.5, 0.6) is 0 Å². The molecule has 0 saturated heterocycles. The van der Waals surface area contributed by atoms with Gasteiger partial charge in [-0.05, 0) is 86.2 Å². The zero-order chi connectivity index (χ0) is 21.9. The molecule has 30 heavy (non-hydrogen) atoms. The topological polar surface area (TPSA) is 56.1 Å². The van der Waals surface area contributed by atoms with E-state index in [1.165, 1.54) is 11.3 Å². The number of carbonyl (C=O) groups excluding carboxylic acids is 1. The Morgan fingerprint density at radius 1 is 1.30 bits per heavy atom. The quantitative estimate of drug-likeness (QED) is 0.449. The molecule has 1 aliphatic rings. The Morgan fingerprint density at radius 2 is 2.00 bits per heavy atom. The standard InChI is InChI=1S/C25H28ClN3O/c1-5-12-29-23-11-6-18(14-22(23)17(2)15-25(29,3)4)13-19(16-27)24(30)28-21-9-7-20(26)8-10-21/h6-11,13-14,17H,5,12,15H2,1-4H3,(H,28,30)/b19-13+. The predicted octanol–water partition coefficient (Wildman–Crippen LogP) is 6.39. The summed E-state index contributed by atoms with van der Waals surface area (Å²) in [6.45, 7) is 10.0. The summed E-state index contributed by atoms with van der Waals surface area (Å²) in [7, 11) is 0. The summed E-state index contributed by atoms with van der Waals surface area (Å²) < 4.78 is 0. The number of nitrogens with one attached hydrogen (secondary N) is 1. The lowest BCUT2D eigenvalue weighted by atomic mass is 9.79. The molecule has 1 amide bonds. The average Bonchev–Trinajstić information content (AvgIpc) is 2.70.